The molecule has 0 saturated carbocycles. The normalized spacial score (nSPS) is 11.0. The maximum absolute atomic E-state index is 4.77. The molecule has 0 N–H and O–H groups in total. The van der Waals surface area contributed by atoms with Gasteiger partial charge in [-0.25, -0.2) is 4.98 Å². The number of rotatable bonds is 2. The van der Waals surface area contributed by atoms with Crippen LogP contribution in [0.4, 0.5) is 0 Å². The molecule has 4 rings (SSSR count). The van der Waals surface area contributed by atoms with Crippen molar-refractivity contribution >= 4 is 27.0 Å². The zero-order valence-corrected chi connectivity index (χ0v) is 13.2. The summed E-state index contributed by atoms with van der Waals surface area (Å²) in [5, 5.41) is 0. The fourth-order valence-corrected chi connectivity index (χ4v) is 2.83. The quantitative estimate of drug-likeness (QED) is 0.517. The molecule has 0 saturated heterocycles. The largest absolute Gasteiger partial charge is 0.292 e. The van der Waals surface area contributed by atoms with Crippen molar-refractivity contribution in [3.63, 3.8) is 0 Å². The summed E-state index contributed by atoms with van der Waals surface area (Å²) in [6.45, 7) is 0. The molecule has 2 aromatic heterocycles. The van der Waals surface area contributed by atoms with Crippen LogP contribution < -0.4 is 0 Å². The third kappa shape index (κ3) is 2.22. The fourth-order valence-electron chi connectivity index (χ4n) is 2.56. The van der Waals surface area contributed by atoms with Gasteiger partial charge < -0.3 is 0 Å². The molecule has 0 fully saturated rings. The van der Waals surface area contributed by atoms with E-state index >= 15 is 0 Å². The van der Waals surface area contributed by atoms with Gasteiger partial charge in [0, 0.05) is 21.9 Å². The zero-order valence-electron chi connectivity index (χ0n) is 11.6. The summed E-state index contributed by atoms with van der Waals surface area (Å²) in [7, 11) is 0. The summed E-state index contributed by atoms with van der Waals surface area (Å²) < 4.78 is 3.22. The average Bonchev–Trinajstić information content (AvgIpc) is 2.96. The van der Waals surface area contributed by atoms with Crippen LogP contribution in [-0.4, -0.2) is 14.5 Å². The summed E-state index contributed by atoms with van der Waals surface area (Å²) >= 11 is 3.48. The van der Waals surface area contributed by atoms with E-state index in [0.717, 1.165) is 32.6 Å². The first-order valence-corrected chi connectivity index (χ1v) is 7.76. The first-order valence-electron chi connectivity index (χ1n) is 6.97. The zero-order chi connectivity index (χ0) is 14.9. The molecule has 22 heavy (non-hydrogen) atoms. The van der Waals surface area contributed by atoms with E-state index < -0.39 is 0 Å². The number of pyridine rings is 1. The molecule has 0 unspecified atom stereocenters. The Morgan fingerprint density at radius 1 is 0.864 bits per heavy atom. The van der Waals surface area contributed by atoms with E-state index in [9.17, 15) is 0 Å². The van der Waals surface area contributed by atoms with E-state index in [0.29, 0.717) is 0 Å². The number of fused-ring (bicyclic) bond motifs is 1. The lowest BCUT2D eigenvalue weighted by atomic mass is 10.2. The summed E-state index contributed by atoms with van der Waals surface area (Å²) in [5.74, 6) is 0.918. The van der Waals surface area contributed by atoms with Gasteiger partial charge in [-0.15, -0.1) is 0 Å². The smallest absolute Gasteiger partial charge is 0.145 e. The minimum absolute atomic E-state index is 0.893. The van der Waals surface area contributed by atoms with Gasteiger partial charge in [-0.3, -0.25) is 9.55 Å². The summed E-state index contributed by atoms with van der Waals surface area (Å²) in [6, 6.07) is 20.5. The molecule has 0 radical (unpaired) electrons. The molecule has 0 spiro atoms. The first-order chi connectivity index (χ1) is 10.8. The third-order valence-corrected chi connectivity index (χ3v) is 4.10. The molecule has 0 aliphatic carbocycles. The van der Waals surface area contributed by atoms with Crippen molar-refractivity contribution in [3.8, 4) is 17.1 Å². The van der Waals surface area contributed by atoms with Crippen LogP contribution in [0.25, 0.3) is 28.1 Å². The maximum Gasteiger partial charge on any atom is 0.145 e. The first kappa shape index (κ1) is 13.2. The lowest BCUT2D eigenvalue weighted by molar-refractivity contribution is 1.10. The molecule has 0 amide bonds. The molecule has 0 aliphatic rings. The van der Waals surface area contributed by atoms with E-state index in [1.54, 1.807) is 12.4 Å². The van der Waals surface area contributed by atoms with Crippen molar-refractivity contribution in [1.82, 2.24) is 14.5 Å². The minimum Gasteiger partial charge on any atom is -0.292 e. The molecule has 4 aromatic rings. The van der Waals surface area contributed by atoms with Crippen molar-refractivity contribution < 1.29 is 0 Å². The Kier molecular flexibility index (Phi) is 3.24. The highest BCUT2D eigenvalue weighted by Crippen LogP contribution is 2.28. The second-order valence-electron chi connectivity index (χ2n) is 4.98. The Hall–Kier alpha value is -2.46. The summed E-state index contributed by atoms with van der Waals surface area (Å²) in [5.41, 5.74) is 4.11. The van der Waals surface area contributed by atoms with Crippen molar-refractivity contribution in [1.29, 1.82) is 0 Å². The van der Waals surface area contributed by atoms with E-state index in [1.807, 2.05) is 36.4 Å². The van der Waals surface area contributed by atoms with Crippen LogP contribution in [0.3, 0.4) is 0 Å². The molecule has 0 atom stereocenters. The fraction of sp³-hybridized carbons (Fsp3) is 0. The van der Waals surface area contributed by atoms with Crippen molar-refractivity contribution in [3.05, 3.63) is 77.5 Å². The minimum atomic E-state index is 0.893. The lowest BCUT2D eigenvalue weighted by Crippen LogP contribution is -1.97. The number of para-hydroxylation sites is 1. The van der Waals surface area contributed by atoms with Gasteiger partial charge in [-0.05, 0) is 30.3 Å². The number of halogens is 1. The van der Waals surface area contributed by atoms with Gasteiger partial charge in [-0.2, -0.15) is 0 Å². The van der Waals surface area contributed by atoms with Crippen molar-refractivity contribution in [2.24, 2.45) is 0 Å². The Bertz CT molecular complexity index is 928. The predicted octanol–water partition coefficient (Wildman–Crippen LogP) is 4.85. The second kappa shape index (κ2) is 5.39. The molecule has 4 heteroatoms. The molecule has 3 nitrogen and oxygen atoms in total. The summed E-state index contributed by atoms with van der Waals surface area (Å²) in [6.07, 6.45) is 3.60. The van der Waals surface area contributed by atoms with E-state index in [2.05, 4.69) is 49.7 Å². The van der Waals surface area contributed by atoms with E-state index in [-0.39, 0.29) is 0 Å². The van der Waals surface area contributed by atoms with Gasteiger partial charge in [0.15, 0.2) is 0 Å². The molecule has 0 bridgehead atoms. The van der Waals surface area contributed by atoms with Crippen LogP contribution in [0.2, 0.25) is 0 Å². The highest BCUT2D eigenvalue weighted by molar-refractivity contribution is 9.10. The van der Waals surface area contributed by atoms with Crippen molar-refractivity contribution in [2.75, 3.05) is 0 Å². The number of nitrogens with zero attached hydrogens (tertiary/aromatic N) is 3. The second-order valence-corrected chi connectivity index (χ2v) is 5.89. The molecular weight excluding hydrogens is 338 g/mol. The van der Waals surface area contributed by atoms with Crippen LogP contribution in [0, 0.1) is 0 Å². The molecule has 0 aliphatic heterocycles. The van der Waals surface area contributed by atoms with Gasteiger partial charge in [0.25, 0.3) is 0 Å². The standard InChI is InChI=1S/C18H12BrN3/c19-14-8-6-13(7-9-14)18-21-16-12-20-11-10-17(16)22(18)15-4-2-1-3-5-15/h1-12H. The average molecular weight is 350 g/mol. The monoisotopic (exact) mass is 349 g/mol. The number of benzene rings is 2. The highest BCUT2D eigenvalue weighted by atomic mass is 79.9. The Morgan fingerprint density at radius 3 is 2.41 bits per heavy atom. The predicted molar refractivity (Wildman–Crippen MR) is 92.0 cm³/mol. The van der Waals surface area contributed by atoms with Crippen LogP contribution in [0.15, 0.2) is 77.5 Å². The van der Waals surface area contributed by atoms with Gasteiger partial charge in [0.2, 0.25) is 0 Å². The lowest BCUT2D eigenvalue weighted by Gasteiger charge is -2.09. The van der Waals surface area contributed by atoms with Crippen LogP contribution in [0.5, 0.6) is 0 Å². The van der Waals surface area contributed by atoms with Gasteiger partial charge in [-0.1, -0.05) is 46.3 Å². The van der Waals surface area contributed by atoms with Gasteiger partial charge >= 0.3 is 0 Å². The number of hydrogen-bond donors (Lipinski definition) is 0. The van der Waals surface area contributed by atoms with Gasteiger partial charge in [0.1, 0.15) is 11.3 Å². The van der Waals surface area contributed by atoms with Crippen LogP contribution >= 0.6 is 15.9 Å². The molecule has 2 heterocycles. The van der Waals surface area contributed by atoms with Gasteiger partial charge in [0.05, 0.1) is 11.7 Å². The highest BCUT2D eigenvalue weighted by Gasteiger charge is 2.13. The van der Waals surface area contributed by atoms with E-state index in [1.165, 1.54) is 0 Å². The van der Waals surface area contributed by atoms with Crippen molar-refractivity contribution in [2.45, 2.75) is 0 Å². The SMILES string of the molecule is Brc1ccc(-c2nc3cnccc3n2-c2ccccc2)cc1. The molecular formula is C18H12BrN3. The molecule has 2 aromatic carbocycles. The van der Waals surface area contributed by atoms with E-state index in [4.69, 9.17) is 4.98 Å². The number of hydrogen-bond acceptors (Lipinski definition) is 2. The number of aromatic nitrogens is 3. The maximum atomic E-state index is 4.77. The Morgan fingerprint density at radius 2 is 1.64 bits per heavy atom. The Balaban J connectivity index is 2.04. The Labute approximate surface area is 136 Å². The number of imidazole rings is 1. The van der Waals surface area contributed by atoms with Crippen LogP contribution in [0.1, 0.15) is 0 Å². The summed E-state index contributed by atoms with van der Waals surface area (Å²) in [4.78, 5) is 8.96. The topological polar surface area (TPSA) is 30.7 Å². The molecule has 106 valence electrons. The third-order valence-electron chi connectivity index (χ3n) is 3.57. The van der Waals surface area contributed by atoms with Crippen LogP contribution in [-0.2, 0) is 0 Å².